The number of unbranched alkanes of at least 4 members (excludes halogenated alkanes) is 5. The molecular weight excluding hydrogens is 176 g/mol. The van der Waals surface area contributed by atoms with Gasteiger partial charge in [0, 0.05) is 12.5 Å². The van der Waals surface area contributed by atoms with Crippen LogP contribution in [-0.4, -0.2) is 11.9 Å². The quantitative estimate of drug-likeness (QED) is 0.558. The molecule has 0 aromatic heterocycles. The highest BCUT2D eigenvalue weighted by molar-refractivity contribution is 5.74. The first-order valence-electron chi connectivity index (χ1n) is 5.70. The first-order chi connectivity index (χ1) is 6.66. The van der Waals surface area contributed by atoms with Crippen molar-refractivity contribution in [1.29, 1.82) is 0 Å². The fourth-order valence-electron chi connectivity index (χ4n) is 1.55. The largest absolute Gasteiger partial charge is 0.370 e. The van der Waals surface area contributed by atoms with Crippen molar-refractivity contribution in [3.8, 4) is 0 Å². The molecule has 1 unspecified atom stereocenters. The smallest absolute Gasteiger partial charge is 0.218 e. The van der Waals surface area contributed by atoms with Crippen LogP contribution in [0.15, 0.2) is 0 Å². The molecule has 84 valence electrons. The third-order valence-electron chi connectivity index (χ3n) is 2.39. The van der Waals surface area contributed by atoms with E-state index in [2.05, 4.69) is 6.92 Å². The van der Waals surface area contributed by atoms with Gasteiger partial charge >= 0.3 is 0 Å². The predicted octanol–water partition coefficient (Wildman–Crippen LogP) is 1.94. The van der Waals surface area contributed by atoms with E-state index in [1.54, 1.807) is 0 Å². The van der Waals surface area contributed by atoms with E-state index in [0.717, 1.165) is 12.8 Å². The summed E-state index contributed by atoms with van der Waals surface area (Å²) >= 11 is 0. The summed E-state index contributed by atoms with van der Waals surface area (Å²) in [6.45, 7) is 2.21. The van der Waals surface area contributed by atoms with Crippen LogP contribution in [0, 0.1) is 0 Å². The average Bonchev–Trinajstić information content (AvgIpc) is 2.10. The molecule has 0 aliphatic rings. The standard InChI is InChI=1S/C11H24N2O/c1-2-3-4-5-6-7-8-10(12)9-11(13)14/h10H,2-9,12H2,1H3,(H2,13,14). The van der Waals surface area contributed by atoms with Crippen LogP contribution in [0.1, 0.15) is 58.3 Å². The van der Waals surface area contributed by atoms with Gasteiger partial charge in [-0.2, -0.15) is 0 Å². The molecule has 0 saturated heterocycles. The van der Waals surface area contributed by atoms with Gasteiger partial charge in [-0.1, -0.05) is 45.4 Å². The lowest BCUT2D eigenvalue weighted by atomic mass is 10.0. The molecule has 3 nitrogen and oxygen atoms in total. The van der Waals surface area contributed by atoms with Gasteiger partial charge in [0.2, 0.25) is 5.91 Å². The third kappa shape index (κ3) is 9.52. The van der Waals surface area contributed by atoms with Gasteiger partial charge in [-0.25, -0.2) is 0 Å². The highest BCUT2D eigenvalue weighted by atomic mass is 16.1. The monoisotopic (exact) mass is 200 g/mol. The minimum Gasteiger partial charge on any atom is -0.370 e. The zero-order valence-electron chi connectivity index (χ0n) is 9.30. The van der Waals surface area contributed by atoms with Crippen LogP contribution in [-0.2, 0) is 4.79 Å². The maximum Gasteiger partial charge on any atom is 0.218 e. The fraction of sp³-hybridized carbons (Fsp3) is 0.909. The molecule has 0 aromatic carbocycles. The SMILES string of the molecule is CCCCCCCCC(N)CC(N)=O. The molecule has 0 radical (unpaired) electrons. The molecule has 0 aromatic rings. The molecule has 0 spiro atoms. The van der Waals surface area contributed by atoms with E-state index in [4.69, 9.17) is 11.5 Å². The van der Waals surface area contributed by atoms with Gasteiger partial charge in [0.05, 0.1) is 0 Å². The molecule has 4 N–H and O–H groups in total. The third-order valence-corrected chi connectivity index (χ3v) is 2.39. The zero-order chi connectivity index (χ0) is 10.8. The topological polar surface area (TPSA) is 69.1 Å². The molecule has 0 aliphatic heterocycles. The maximum atomic E-state index is 10.5. The lowest BCUT2D eigenvalue weighted by Crippen LogP contribution is -2.27. The lowest BCUT2D eigenvalue weighted by Gasteiger charge is -2.08. The summed E-state index contributed by atoms with van der Waals surface area (Å²) in [5, 5.41) is 0. The molecule has 0 heterocycles. The number of carbonyl (C=O) groups excluding carboxylic acids is 1. The number of primary amides is 1. The molecule has 0 rings (SSSR count). The molecular formula is C11H24N2O. The first kappa shape index (κ1) is 13.4. The van der Waals surface area contributed by atoms with Crippen LogP contribution >= 0.6 is 0 Å². The number of hydrogen-bond acceptors (Lipinski definition) is 2. The molecule has 3 heteroatoms. The second-order valence-corrected chi connectivity index (χ2v) is 3.99. The van der Waals surface area contributed by atoms with Crippen LogP contribution in [0.3, 0.4) is 0 Å². The Morgan fingerprint density at radius 2 is 1.71 bits per heavy atom. The summed E-state index contributed by atoms with van der Waals surface area (Å²) in [7, 11) is 0. The van der Waals surface area contributed by atoms with E-state index < -0.39 is 0 Å². The predicted molar refractivity (Wildman–Crippen MR) is 59.8 cm³/mol. The molecule has 1 amide bonds. The van der Waals surface area contributed by atoms with Crippen molar-refractivity contribution in [2.45, 2.75) is 64.3 Å². The van der Waals surface area contributed by atoms with E-state index in [0.29, 0.717) is 6.42 Å². The van der Waals surface area contributed by atoms with Crippen LogP contribution in [0.25, 0.3) is 0 Å². The van der Waals surface area contributed by atoms with Crippen LogP contribution < -0.4 is 11.5 Å². The summed E-state index contributed by atoms with van der Waals surface area (Å²) in [5.41, 5.74) is 10.8. The molecule has 0 bridgehead atoms. The van der Waals surface area contributed by atoms with Gasteiger partial charge in [0.1, 0.15) is 0 Å². The molecule has 0 saturated carbocycles. The Hall–Kier alpha value is -0.570. The minimum atomic E-state index is -0.288. The Morgan fingerprint density at radius 3 is 2.29 bits per heavy atom. The highest BCUT2D eigenvalue weighted by Gasteiger charge is 2.05. The fourth-order valence-corrected chi connectivity index (χ4v) is 1.55. The van der Waals surface area contributed by atoms with Gasteiger partial charge in [-0.05, 0) is 6.42 Å². The second-order valence-electron chi connectivity index (χ2n) is 3.99. The van der Waals surface area contributed by atoms with Gasteiger partial charge < -0.3 is 11.5 Å². The molecule has 0 fully saturated rings. The number of nitrogens with two attached hydrogens (primary N) is 2. The number of hydrogen-bond donors (Lipinski definition) is 2. The van der Waals surface area contributed by atoms with E-state index in [9.17, 15) is 4.79 Å². The van der Waals surface area contributed by atoms with Crippen LogP contribution in [0.5, 0.6) is 0 Å². The Labute approximate surface area is 87.2 Å². The molecule has 0 aliphatic carbocycles. The summed E-state index contributed by atoms with van der Waals surface area (Å²) in [6.07, 6.45) is 8.82. The van der Waals surface area contributed by atoms with Crippen molar-refractivity contribution in [3.63, 3.8) is 0 Å². The van der Waals surface area contributed by atoms with Gasteiger partial charge in [0.25, 0.3) is 0 Å². The second kappa shape index (κ2) is 9.00. The number of rotatable bonds is 9. The Kier molecular flexibility index (Phi) is 8.64. The normalized spacial score (nSPS) is 12.7. The highest BCUT2D eigenvalue weighted by Crippen LogP contribution is 2.08. The summed E-state index contributed by atoms with van der Waals surface area (Å²) in [4.78, 5) is 10.5. The van der Waals surface area contributed by atoms with E-state index in [-0.39, 0.29) is 11.9 Å². The Balaban J connectivity index is 3.14. The summed E-state index contributed by atoms with van der Waals surface area (Å²) in [6, 6.07) is -0.0290. The van der Waals surface area contributed by atoms with Gasteiger partial charge in [-0.15, -0.1) is 0 Å². The number of carbonyl (C=O) groups is 1. The van der Waals surface area contributed by atoms with E-state index in [1.165, 1.54) is 32.1 Å². The van der Waals surface area contributed by atoms with Crippen LogP contribution in [0.2, 0.25) is 0 Å². The average molecular weight is 200 g/mol. The van der Waals surface area contributed by atoms with Crippen molar-refractivity contribution < 1.29 is 4.79 Å². The number of amides is 1. The maximum absolute atomic E-state index is 10.5. The molecule has 14 heavy (non-hydrogen) atoms. The van der Waals surface area contributed by atoms with Crippen LogP contribution in [0.4, 0.5) is 0 Å². The molecule has 1 atom stereocenters. The summed E-state index contributed by atoms with van der Waals surface area (Å²) in [5.74, 6) is -0.288. The lowest BCUT2D eigenvalue weighted by molar-refractivity contribution is -0.118. The Bertz CT molecular complexity index is 148. The van der Waals surface area contributed by atoms with Gasteiger partial charge in [0.15, 0.2) is 0 Å². The minimum absolute atomic E-state index is 0.0290. The van der Waals surface area contributed by atoms with Crippen molar-refractivity contribution in [1.82, 2.24) is 0 Å². The summed E-state index contributed by atoms with van der Waals surface area (Å²) < 4.78 is 0. The zero-order valence-corrected chi connectivity index (χ0v) is 9.30. The Morgan fingerprint density at radius 1 is 1.14 bits per heavy atom. The van der Waals surface area contributed by atoms with Crippen molar-refractivity contribution in [2.75, 3.05) is 0 Å². The van der Waals surface area contributed by atoms with Crippen molar-refractivity contribution in [2.24, 2.45) is 11.5 Å². The van der Waals surface area contributed by atoms with Gasteiger partial charge in [-0.3, -0.25) is 4.79 Å². The van der Waals surface area contributed by atoms with Crippen molar-refractivity contribution >= 4 is 5.91 Å². The van der Waals surface area contributed by atoms with E-state index in [1.807, 2.05) is 0 Å². The van der Waals surface area contributed by atoms with E-state index >= 15 is 0 Å². The van der Waals surface area contributed by atoms with Crippen molar-refractivity contribution in [3.05, 3.63) is 0 Å². The first-order valence-corrected chi connectivity index (χ1v) is 5.70.